The molecule has 0 atom stereocenters. The third kappa shape index (κ3) is 2.34. The average molecular weight is 312 g/mol. The van der Waals surface area contributed by atoms with Crippen LogP contribution in [0.1, 0.15) is 5.56 Å². The lowest BCUT2D eigenvalue weighted by molar-refractivity contribution is -0.118. The van der Waals surface area contributed by atoms with Crippen LogP contribution in [0.2, 0.25) is 5.02 Å². The molecule has 1 amide bonds. The minimum atomic E-state index is -0.760. The molecule has 110 valence electrons. The van der Waals surface area contributed by atoms with Gasteiger partial charge in [0.1, 0.15) is 17.5 Å². The minimum absolute atomic E-state index is 0.0712. The highest BCUT2D eigenvalue weighted by Crippen LogP contribution is 2.34. The molecule has 4 nitrogen and oxygen atoms in total. The van der Waals surface area contributed by atoms with Crippen molar-refractivity contribution < 1.29 is 13.6 Å². The fraction of sp³-hybridized carbons (Fsp3) is 0.286. The van der Waals surface area contributed by atoms with Gasteiger partial charge in [0.15, 0.2) is 0 Å². The molecule has 2 aromatic rings. The molecule has 21 heavy (non-hydrogen) atoms. The van der Waals surface area contributed by atoms with Crippen LogP contribution in [0.5, 0.6) is 0 Å². The van der Waals surface area contributed by atoms with E-state index in [1.165, 1.54) is 4.90 Å². The van der Waals surface area contributed by atoms with E-state index in [1.807, 2.05) is 0 Å². The third-order valence-corrected chi connectivity index (χ3v) is 3.96. The van der Waals surface area contributed by atoms with Gasteiger partial charge in [-0.15, -0.1) is 0 Å². The van der Waals surface area contributed by atoms with Crippen LogP contribution in [0.25, 0.3) is 10.9 Å². The number of nitrogens with zero attached hydrogens (tertiary/aromatic N) is 2. The molecule has 0 spiro atoms. The van der Waals surface area contributed by atoms with E-state index in [2.05, 4.69) is 10.3 Å². The number of nitrogens with one attached hydrogen (secondary N) is 1. The predicted molar refractivity (Wildman–Crippen MR) is 76.6 cm³/mol. The first-order chi connectivity index (χ1) is 9.99. The van der Waals surface area contributed by atoms with Crippen molar-refractivity contribution in [2.45, 2.75) is 6.92 Å². The summed E-state index contributed by atoms with van der Waals surface area (Å²) in [5.74, 6) is -1.29. The topological polar surface area (TPSA) is 45.2 Å². The van der Waals surface area contributed by atoms with Crippen LogP contribution >= 0.6 is 11.6 Å². The van der Waals surface area contributed by atoms with E-state index in [9.17, 15) is 13.6 Å². The molecule has 0 unspecified atom stereocenters. The van der Waals surface area contributed by atoms with Crippen molar-refractivity contribution >= 4 is 34.2 Å². The Labute approximate surface area is 124 Å². The van der Waals surface area contributed by atoms with Crippen LogP contribution in [0, 0.1) is 18.6 Å². The number of aromatic nitrogens is 1. The SMILES string of the molecule is Cc1c(N2CCNCC2=O)nc2cc(F)cc(F)c2c1Cl. The summed E-state index contributed by atoms with van der Waals surface area (Å²) in [5.41, 5.74) is 0.606. The highest BCUT2D eigenvalue weighted by atomic mass is 35.5. The van der Waals surface area contributed by atoms with E-state index < -0.39 is 11.6 Å². The van der Waals surface area contributed by atoms with Gasteiger partial charge in [-0.1, -0.05) is 11.6 Å². The number of carbonyl (C=O) groups is 1. The Hall–Kier alpha value is -1.79. The summed E-state index contributed by atoms with van der Waals surface area (Å²) in [4.78, 5) is 17.7. The normalized spacial score (nSPS) is 15.8. The molecular formula is C14H12ClF2N3O. The van der Waals surface area contributed by atoms with Crippen molar-refractivity contribution in [1.82, 2.24) is 10.3 Å². The van der Waals surface area contributed by atoms with Gasteiger partial charge in [0, 0.05) is 30.8 Å². The van der Waals surface area contributed by atoms with Gasteiger partial charge in [0.25, 0.3) is 0 Å². The van der Waals surface area contributed by atoms with Gasteiger partial charge in [0.05, 0.1) is 22.5 Å². The second-order valence-electron chi connectivity index (χ2n) is 4.88. The molecule has 1 aliphatic rings. The van der Waals surface area contributed by atoms with Crippen molar-refractivity contribution in [3.8, 4) is 0 Å². The molecule has 1 aromatic carbocycles. The van der Waals surface area contributed by atoms with E-state index in [1.54, 1.807) is 6.92 Å². The molecule has 7 heteroatoms. The quantitative estimate of drug-likeness (QED) is 0.879. The number of hydrogen-bond donors (Lipinski definition) is 1. The number of carbonyl (C=O) groups excluding carboxylic acids is 1. The number of fused-ring (bicyclic) bond motifs is 1. The molecule has 1 saturated heterocycles. The summed E-state index contributed by atoms with van der Waals surface area (Å²) in [6.07, 6.45) is 0. The number of pyridine rings is 1. The third-order valence-electron chi connectivity index (χ3n) is 3.49. The second-order valence-corrected chi connectivity index (χ2v) is 5.26. The van der Waals surface area contributed by atoms with Crippen molar-refractivity contribution in [3.63, 3.8) is 0 Å². The van der Waals surface area contributed by atoms with Crippen molar-refractivity contribution in [3.05, 3.63) is 34.4 Å². The van der Waals surface area contributed by atoms with Crippen LogP contribution in [-0.2, 0) is 4.79 Å². The lowest BCUT2D eigenvalue weighted by Gasteiger charge is -2.28. The number of piperazine rings is 1. The summed E-state index contributed by atoms with van der Waals surface area (Å²) >= 11 is 6.20. The first kappa shape index (κ1) is 14.2. The predicted octanol–water partition coefficient (Wildman–Crippen LogP) is 2.41. The molecule has 1 fully saturated rings. The smallest absolute Gasteiger partial charge is 0.242 e. The Morgan fingerprint density at radius 3 is 2.86 bits per heavy atom. The summed E-state index contributed by atoms with van der Waals surface area (Å²) in [5, 5.41) is 3.17. The van der Waals surface area contributed by atoms with Crippen LogP contribution in [0.3, 0.4) is 0 Å². The maximum Gasteiger partial charge on any atom is 0.242 e. The fourth-order valence-corrected chi connectivity index (χ4v) is 2.71. The summed E-state index contributed by atoms with van der Waals surface area (Å²) in [6, 6.07) is 1.88. The number of halogens is 3. The van der Waals surface area contributed by atoms with Crippen molar-refractivity contribution in [2.75, 3.05) is 24.5 Å². The molecule has 1 aromatic heterocycles. The standard InChI is InChI=1S/C14H12ClF2N3O/c1-7-13(15)12-9(17)4-8(16)5-10(12)19-14(7)20-3-2-18-6-11(20)21/h4-5,18H,2-3,6H2,1H3. The first-order valence-corrected chi connectivity index (χ1v) is 6.83. The molecular weight excluding hydrogens is 300 g/mol. The summed E-state index contributed by atoms with van der Waals surface area (Å²) in [6.45, 7) is 2.93. The van der Waals surface area contributed by atoms with Gasteiger partial charge in [-0.3, -0.25) is 9.69 Å². The Balaban J connectivity index is 2.24. The van der Waals surface area contributed by atoms with Crippen LogP contribution in [-0.4, -0.2) is 30.5 Å². The van der Waals surface area contributed by atoms with E-state index in [4.69, 9.17) is 11.6 Å². The number of amides is 1. The van der Waals surface area contributed by atoms with Crippen LogP contribution in [0.15, 0.2) is 12.1 Å². The van der Waals surface area contributed by atoms with Gasteiger partial charge in [0.2, 0.25) is 5.91 Å². The molecule has 1 aliphatic heterocycles. The molecule has 0 saturated carbocycles. The summed E-state index contributed by atoms with van der Waals surface area (Å²) < 4.78 is 27.3. The monoisotopic (exact) mass is 311 g/mol. The molecule has 2 heterocycles. The van der Waals surface area contributed by atoms with Gasteiger partial charge in [-0.2, -0.15) is 0 Å². The van der Waals surface area contributed by atoms with Gasteiger partial charge < -0.3 is 5.32 Å². The Morgan fingerprint density at radius 2 is 2.14 bits per heavy atom. The molecule has 0 aliphatic carbocycles. The lowest BCUT2D eigenvalue weighted by Crippen LogP contribution is -2.48. The number of anilines is 1. The molecule has 0 radical (unpaired) electrons. The minimum Gasteiger partial charge on any atom is -0.307 e. The Bertz CT molecular complexity index is 751. The number of rotatable bonds is 1. The maximum absolute atomic E-state index is 13.9. The van der Waals surface area contributed by atoms with Crippen molar-refractivity contribution in [2.24, 2.45) is 0 Å². The van der Waals surface area contributed by atoms with Gasteiger partial charge in [-0.25, -0.2) is 13.8 Å². The fourth-order valence-electron chi connectivity index (χ4n) is 2.44. The zero-order chi connectivity index (χ0) is 15.1. The molecule has 3 rings (SSSR count). The highest BCUT2D eigenvalue weighted by molar-refractivity contribution is 6.36. The van der Waals surface area contributed by atoms with Crippen LogP contribution < -0.4 is 10.2 Å². The maximum atomic E-state index is 13.9. The number of benzene rings is 1. The van der Waals surface area contributed by atoms with E-state index >= 15 is 0 Å². The van der Waals surface area contributed by atoms with Crippen molar-refractivity contribution in [1.29, 1.82) is 0 Å². The number of hydrogen-bond acceptors (Lipinski definition) is 3. The van der Waals surface area contributed by atoms with E-state index in [0.29, 0.717) is 24.5 Å². The van der Waals surface area contributed by atoms with Gasteiger partial charge in [-0.05, 0) is 6.92 Å². The molecule has 1 N–H and O–H groups in total. The zero-order valence-electron chi connectivity index (χ0n) is 11.2. The lowest BCUT2D eigenvalue weighted by atomic mass is 10.1. The first-order valence-electron chi connectivity index (χ1n) is 6.45. The van der Waals surface area contributed by atoms with Crippen LogP contribution in [0.4, 0.5) is 14.6 Å². The zero-order valence-corrected chi connectivity index (χ0v) is 12.0. The average Bonchev–Trinajstić information content (AvgIpc) is 2.43. The summed E-state index contributed by atoms with van der Waals surface area (Å²) in [7, 11) is 0. The largest absolute Gasteiger partial charge is 0.307 e. The van der Waals surface area contributed by atoms with Gasteiger partial charge >= 0.3 is 0 Å². The highest BCUT2D eigenvalue weighted by Gasteiger charge is 2.25. The van der Waals surface area contributed by atoms with E-state index in [0.717, 1.165) is 12.1 Å². The molecule has 0 bridgehead atoms. The second kappa shape index (κ2) is 5.20. The van der Waals surface area contributed by atoms with E-state index in [-0.39, 0.29) is 28.4 Å². The Morgan fingerprint density at radius 1 is 1.38 bits per heavy atom. The Kier molecular flexibility index (Phi) is 3.51.